The molecule has 1 aliphatic rings. The maximum atomic E-state index is 14.9. The maximum absolute atomic E-state index is 14.9. The summed E-state index contributed by atoms with van der Waals surface area (Å²) in [5.41, 5.74) is -0.205. The van der Waals surface area contributed by atoms with E-state index in [4.69, 9.17) is 4.74 Å². The van der Waals surface area contributed by atoms with Gasteiger partial charge in [-0.3, -0.25) is 4.79 Å². The summed E-state index contributed by atoms with van der Waals surface area (Å²) < 4.78 is 48.0. The molecule has 174 valence electrons. The second kappa shape index (κ2) is 8.50. The van der Waals surface area contributed by atoms with Gasteiger partial charge in [-0.05, 0) is 64.0 Å². The zero-order chi connectivity index (χ0) is 23.8. The topological polar surface area (TPSA) is 116 Å². The number of nitrogens with one attached hydrogen (secondary N) is 1. The van der Waals surface area contributed by atoms with E-state index in [1.54, 1.807) is 39.8 Å². The number of phenols is 1. The first-order chi connectivity index (χ1) is 14.8. The molecule has 3 N–H and O–H groups in total. The number of halogens is 1. The first-order valence-electron chi connectivity index (χ1n) is 10.2. The number of nitrogens with zero attached hydrogens (tertiary/aromatic N) is 1. The third-order valence-electron chi connectivity index (χ3n) is 5.21. The summed E-state index contributed by atoms with van der Waals surface area (Å²) in [6.07, 6.45) is 2.02. The molecule has 10 heteroatoms. The van der Waals surface area contributed by atoms with E-state index in [0.717, 1.165) is 16.6 Å². The minimum Gasteiger partial charge on any atom is -0.508 e. The van der Waals surface area contributed by atoms with Gasteiger partial charge in [-0.2, -0.15) is 8.42 Å². The molecule has 8 nitrogen and oxygen atoms in total. The summed E-state index contributed by atoms with van der Waals surface area (Å²) >= 11 is 0. The zero-order valence-corrected chi connectivity index (χ0v) is 19.2. The van der Waals surface area contributed by atoms with Gasteiger partial charge in [0.1, 0.15) is 11.6 Å². The lowest BCUT2D eigenvalue weighted by molar-refractivity contribution is -0.158. The highest BCUT2D eigenvalue weighted by atomic mass is 32.2. The van der Waals surface area contributed by atoms with Gasteiger partial charge in [0.25, 0.3) is 0 Å². The van der Waals surface area contributed by atoms with Gasteiger partial charge in [-0.25, -0.2) is 13.4 Å². The molecule has 1 aliphatic heterocycles. The van der Waals surface area contributed by atoms with Gasteiger partial charge in [0.2, 0.25) is 5.88 Å². The van der Waals surface area contributed by atoms with Crippen LogP contribution in [0.3, 0.4) is 0 Å². The van der Waals surface area contributed by atoms with Crippen LogP contribution in [-0.4, -0.2) is 30.7 Å². The number of anilines is 1. The van der Waals surface area contributed by atoms with Gasteiger partial charge < -0.3 is 14.9 Å². The molecule has 3 rings (SSSR count). The zero-order valence-electron chi connectivity index (χ0n) is 18.3. The van der Waals surface area contributed by atoms with Crippen molar-refractivity contribution in [2.24, 2.45) is 5.41 Å². The number of carbonyl (C=O) groups excluding carboxylic acids is 1. The van der Waals surface area contributed by atoms with Crippen LogP contribution in [0.2, 0.25) is 0 Å². The number of hydrogen-bond donors (Lipinski definition) is 3. The van der Waals surface area contributed by atoms with Crippen molar-refractivity contribution in [1.29, 1.82) is 0 Å². The van der Waals surface area contributed by atoms with Crippen molar-refractivity contribution >= 4 is 32.6 Å². The predicted octanol–water partition coefficient (Wildman–Crippen LogP) is 4.00. The summed E-state index contributed by atoms with van der Waals surface area (Å²) in [5, 5.41) is 19.8. The Balaban J connectivity index is 2.00. The molecule has 0 spiro atoms. The van der Waals surface area contributed by atoms with Crippen LogP contribution in [0, 0.1) is 11.2 Å². The molecule has 0 amide bonds. The van der Waals surface area contributed by atoms with E-state index in [9.17, 15) is 27.8 Å². The highest BCUT2D eigenvalue weighted by molar-refractivity contribution is 7.91. The van der Waals surface area contributed by atoms with Crippen LogP contribution in [0.1, 0.15) is 46.1 Å². The normalized spacial score (nSPS) is 15.7. The molecule has 1 heterocycles. The molecule has 0 bridgehead atoms. The molecule has 0 atom stereocenters. The summed E-state index contributed by atoms with van der Waals surface area (Å²) in [6, 6.07) is 5.47. The number of carbonyl (C=O) groups is 1. The van der Waals surface area contributed by atoms with E-state index in [-0.39, 0.29) is 28.9 Å². The number of hydrogen-bond acceptors (Lipinski definition) is 6. The van der Waals surface area contributed by atoms with Crippen molar-refractivity contribution in [2.75, 3.05) is 4.31 Å². The monoisotopic (exact) mass is 466 g/mol. The molecular formula is C22H27FN2O6S. The quantitative estimate of drug-likeness (QED) is 0.531. The molecule has 0 saturated carbocycles. The molecule has 32 heavy (non-hydrogen) atoms. The van der Waals surface area contributed by atoms with Crippen LogP contribution >= 0.6 is 0 Å². The molecule has 0 fully saturated rings. The first kappa shape index (κ1) is 23.6. The number of benzene rings is 2. The van der Waals surface area contributed by atoms with Crippen LogP contribution in [0.4, 0.5) is 10.1 Å². The van der Waals surface area contributed by atoms with Crippen molar-refractivity contribution in [1.82, 2.24) is 4.72 Å². The smallest absolute Gasteiger partial charge is 0.330 e. The van der Waals surface area contributed by atoms with Gasteiger partial charge in [-0.15, -0.1) is 0 Å². The second-order valence-electron chi connectivity index (χ2n) is 8.71. The number of ether oxygens (including phenoxy) is 1. The van der Waals surface area contributed by atoms with E-state index >= 15 is 0 Å². The summed E-state index contributed by atoms with van der Waals surface area (Å²) in [7, 11) is -4.17. The Hall–Kier alpha value is -3.01. The number of phenolic OH excluding ortho intramolecular Hbond substituents is 1. The van der Waals surface area contributed by atoms with E-state index in [1.165, 1.54) is 6.07 Å². The molecule has 0 aliphatic carbocycles. The van der Waals surface area contributed by atoms with Crippen LogP contribution in [-0.2, 0) is 26.2 Å². The third-order valence-corrected chi connectivity index (χ3v) is 6.48. The summed E-state index contributed by atoms with van der Waals surface area (Å²) in [5.74, 6) is -2.01. The molecule has 0 saturated heterocycles. The Bertz CT molecular complexity index is 1190. The van der Waals surface area contributed by atoms with Gasteiger partial charge in [-0.1, -0.05) is 12.1 Å². The molecule has 2 aromatic rings. The number of aliphatic hydroxyl groups is 1. The van der Waals surface area contributed by atoms with E-state index < -0.39 is 27.3 Å². The predicted molar refractivity (Wildman–Crippen MR) is 119 cm³/mol. The fourth-order valence-corrected chi connectivity index (χ4v) is 4.75. The molecule has 0 radical (unpaired) electrons. The highest BCUT2D eigenvalue weighted by Gasteiger charge is 2.33. The van der Waals surface area contributed by atoms with Crippen molar-refractivity contribution in [3.05, 3.63) is 47.7 Å². The summed E-state index contributed by atoms with van der Waals surface area (Å²) in [6.45, 7) is 7.10. The average molecular weight is 467 g/mol. The average Bonchev–Trinajstić information content (AvgIpc) is 2.92. The van der Waals surface area contributed by atoms with Gasteiger partial charge in [0.05, 0.1) is 23.4 Å². The van der Waals surface area contributed by atoms with E-state index in [1.807, 2.05) is 4.72 Å². The molecular weight excluding hydrogens is 439 g/mol. The van der Waals surface area contributed by atoms with Crippen LogP contribution in [0.25, 0.3) is 10.8 Å². The third kappa shape index (κ3) is 4.74. The van der Waals surface area contributed by atoms with E-state index in [2.05, 4.69) is 0 Å². The Morgan fingerprint density at radius 3 is 2.53 bits per heavy atom. The fourth-order valence-electron chi connectivity index (χ4n) is 3.65. The van der Waals surface area contributed by atoms with Crippen LogP contribution in [0.5, 0.6) is 5.75 Å². The Kier molecular flexibility index (Phi) is 6.28. The number of aromatic hydroxyl groups is 1. The highest BCUT2D eigenvalue weighted by Crippen LogP contribution is 2.39. The number of esters is 1. The lowest BCUT2D eigenvalue weighted by Gasteiger charge is -2.25. The van der Waals surface area contributed by atoms with E-state index in [0.29, 0.717) is 30.2 Å². The molecule has 0 aromatic heterocycles. The fraction of sp³-hybridized carbons (Fsp3) is 0.409. The SMILES string of the molecule is CC(C)OC(=O)C(C)(C)CCCc1ccc2cc(O)cc(F)c2c1N1C=C(O)NS1(=O)=O. The summed E-state index contributed by atoms with van der Waals surface area (Å²) in [4.78, 5) is 12.3. The van der Waals surface area contributed by atoms with Gasteiger partial charge in [0, 0.05) is 11.5 Å². The molecule has 0 unspecified atom stereocenters. The number of fused-ring (bicyclic) bond motifs is 1. The largest absolute Gasteiger partial charge is 0.508 e. The number of aryl methyl sites for hydroxylation is 1. The lowest BCUT2D eigenvalue weighted by Crippen LogP contribution is -2.31. The van der Waals surface area contributed by atoms with Crippen LogP contribution < -0.4 is 9.03 Å². The van der Waals surface area contributed by atoms with Crippen molar-refractivity contribution < 1.29 is 32.6 Å². The lowest BCUT2D eigenvalue weighted by atomic mass is 9.86. The Morgan fingerprint density at radius 1 is 1.25 bits per heavy atom. The van der Waals surface area contributed by atoms with Gasteiger partial charge >= 0.3 is 16.2 Å². The standard InChI is InChI=1S/C22H27FN2O6S/c1-13(2)31-21(28)22(3,4)9-5-6-14-7-8-15-10-16(26)11-17(23)19(15)20(14)25-12-18(27)24-32(25,29)30/h7-8,10-13,24,26-27H,5-6,9H2,1-4H3. The number of aliphatic hydroxyl groups excluding tert-OH is 1. The van der Waals surface area contributed by atoms with Crippen molar-refractivity contribution in [3.63, 3.8) is 0 Å². The van der Waals surface area contributed by atoms with Crippen molar-refractivity contribution in [3.8, 4) is 5.75 Å². The van der Waals surface area contributed by atoms with Gasteiger partial charge in [0.15, 0.2) is 0 Å². The maximum Gasteiger partial charge on any atom is 0.330 e. The Morgan fingerprint density at radius 2 is 1.94 bits per heavy atom. The van der Waals surface area contributed by atoms with Crippen molar-refractivity contribution in [2.45, 2.75) is 53.1 Å². The molecule has 2 aromatic carbocycles. The minimum absolute atomic E-state index is 0.00453. The first-order valence-corrected chi connectivity index (χ1v) is 11.6. The second-order valence-corrected chi connectivity index (χ2v) is 10.3. The minimum atomic E-state index is -4.17. The Labute approximate surface area is 186 Å². The van der Waals surface area contributed by atoms with Crippen LogP contribution in [0.15, 0.2) is 36.3 Å². The number of rotatable bonds is 7.